The zero-order chi connectivity index (χ0) is 30.9. The van der Waals surface area contributed by atoms with E-state index in [0.717, 1.165) is 25.7 Å². The van der Waals surface area contributed by atoms with Crippen molar-refractivity contribution in [2.75, 3.05) is 6.61 Å². The smallest absolute Gasteiger partial charge is 0.222 e. The van der Waals surface area contributed by atoms with Crippen molar-refractivity contribution in [3.8, 4) is 0 Å². The predicted octanol–water partition coefficient (Wildman–Crippen LogP) is 9.93. The Balaban J connectivity index is 3.64. The van der Waals surface area contributed by atoms with Crippen LogP contribution in [0.2, 0.25) is 0 Å². The third-order valence-corrected chi connectivity index (χ3v) is 8.92. The summed E-state index contributed by atoms with van der Waals surface area (Å²) in [5, 5.41) is 33.2. The first-order valence-electron chi connectivity index (χ1n) is 18.8. The van der Waals surface area contributed by atoms with Crippen LogP contribution in [0.15, 0.2) is 0 Å². The van der Waals surface area contributed by atoms with Gasteiger partial charge in [-0.15, -0.1) is 0 Å². The second kappa shape index (κ2) is 33.2. The maximum atomic E-state index is 12.4. The summed E-state index contributed by atoms with van der Waals surface area (Å²) >= 11 is 0. The first kappa shape index (κ1) is 41.4. The fourth-order valence-electron chi connectivity index (χ4n) is 5.99. The second-order valence-corrected chi connectivity index (χ2v) is 13.2. The minimum Gasteiger partial charge on any atom is -0.394 e. The zero-order valence-electron chi connectivity index (χ0n) is 28.4. The molecule has 0 heterocycles. The van der Waals surface area contributed by atoms with Gasteiger partial charge in [0.15, 0.2) is 0 Å². The Hall–Kier alpha value is -0.650. The molecule has 0 rings (SSSR count). The molecule has 0 fully saturated rings. The number of carbonyl (C=O) groups excluding carboxylic acids is 1. The Labute approximate surface area is 262 Å². The molecule has 0 aromatic carbocycles. The van der Waals surface area contributed by atoms with Gasteiger partial charge in [-0.3, -0.25) is 4.79 Å². The molecule has 0 bridgehead atoms. The van der Waals surface area contributed by atoms with Gasteiger partial charge in [0.2, 0.25) is 5.91 Å². The summed E-state index contributed by atoms with van der Waals surface area (Å²) in [6.45, 7) is 4.25. The molecule has 0 aliphatic carbocycles. The zero-order valence-corrected chi connectivity index (χ0v) is 28.4. The van der Waals surface area contributed by atoms with Crippen LogP contribution in [0, 0.1) is 0 Å². The van der Waals surface area contributed by atoms with Crippen LogP contribution in [0.4, 0.5) is 0 Å². The average molecular weight is 598 g/mol. The lowest BCUT2D eigenvalue weighted by molar-refractivity contribution is -0.125. The predicted molar refractivity (Wildman–Crippen MR) is 181 cm³/mol. The van der Waals surface area contributed by atoms with Crippen molar-refractivity contribution in [2.24, 2.45) is 0 Å². The lowest BCUT2D eigenvalue weighted by atomic mass is 10.0. The number of aliphatic hydroxyl groups excluding tert-OH is 3. The molecule has 252 valence electrons. The van der Waals surface area contributed by atoms with Crippen molar-refractivity contribution in [1.82, 2.24) is 5.32 Å². The third kappa shape index (κ3) is 29.4. The minimum atomic E-state index is -0.741. The van der Waals surface area contributed by atoms with Crippen LogP contribution in [0.3, 0.4) is 0 Å². The normalized spacial score (nSPS) is 13.7. The van der Waals surface area contributed by atoms with E-state index in [1.807, 2.05) is 0 Å². The van der Waals surface area contributed by atoms with E-state index >= 15 is 0 Å². The summed E-state index contributed by atoms with van der Waals surface area (Å²) in [6.07, 6.45) is 34.8. The Bertz CT molecular complexity index is 544. The van der Waals surface area contributed by atoms with Crippen molar-refractivity contribution in [3.63, 3.8) is 0 Å². The molecular formula is C37H75NO4. The first-order valence-corrected chi connectivity index (χ1v) is 18.8. The number of nitrogens with one attached hydrogen (secondary N) is 1. The molecule has 5 heteroatoms. The Kier molecular flexibility index (Phi) is 32.7. The van der Waals surface area contributed by atoms with Gasteiger partial charge >= 0.3 is 0 Å². The van der Waals surface area contributed by atoms with Gasteiger partial charge < -0.3 is 20.6 Å². The van der Waals surface area contributed by atoms with E-state index in [4.69, 9.17) is 0 Å². The maximum Gasteiger partial charge on any atom is 0.222 e. The summed E-state index contributed by atoms with van der Waals surface area (Å²) in [5.41, 5.74) is 0. The van der Waals surface area contributed by atoms with Gasteiger partial charge in [0.1, 0.15) is 0 Å². The van der Waals surface area contributed by atoms with Crippen molar-refractivity contribution in [1.29, 1.82) is 0 Å². The second-order valence-electron chi connectivity index (χ2n) is 13.2. The monoisotopic (exact) mass is 598 g/mol. The SMILES string of the molecule is CCCCCCCCCCCCCCCCCC(O)C(CO)NC(=O)CC(O)CCCCCCCCCCCCCC. The molecule has 42 heavy (non-hydrogen) atoms. The van der Waals surface area contributed by atoms with Crippen molar-refractivity contribution >= 4 is 5.91 Å². The highest BCUT2D eigenvalue weighted by Crippen LogP contribution is 2.16. The lowest BCUT2D eigenvalue weighted by Gasteiger charge is -2.23. The molecule has 0 saturated carbocycles. The van der Waals surface area contributed by atoms with Gasteiger partial charge in [-0.1, -0.05) is 187 Å². The highest BCUT2D eigenvalue weighted by Gasteiger charge is 2.21. The molecule has 1 amide bonds. The van der Waals surface area contributed by atoms with E-state index in [0.29, 0.717) is 12.8 Å². The number of unbranched alkanes of at least 4 members (excludes halogenated alkanes) is 25. The highest BCUT2D eigenvalue weighted by molar-refractivity contribution is 5.76. The summed E-state index contributed by atoms with van der Waals surface area (Å²) in [4.78, 5) is 12.4. The van der Waals surface area contributed by atoms with Crippen LogP contribution in [-0.2, 0) is 4.79 Å². The summed E-state index contributed by atoms with van der Waals surface area (Å²) in [5.74, 6) is -0.281. The molecular weight excluding hydrogens is 522 g/mol. The molecule has 0 saturated heterocycles. The topological polar surface area (TPSA) is 89.8 Å². The van der Waals surface area contributed by atoms with Gasteiger partial charge in [0.05, 0.1) is 31.3 Å². The number of hydrogen-bond donors (Lipinski definition) is 4. The van der Waals surface area contributed by atoms with Crippen molar-refractivity contribution in [2.45, 2.75) is 225 Å². The number of rotatable bonds is 34. The first-order chi connectivity index (χ1) is 20.5. The molecule has 0 radical (unpaired) electrons. The van der Waals surface area contributed by atoms with Gasteiger partial charge in [-0.2, -0.15) is 0 Å². The van der Waals surface area contributed by atoms with Crippen LogP contribution < -0.4 is 5.32 Å². The number of aliphatic hydroxyl groups is 3. The fourth-order valence-corrected chi connectivity index (χ4v) is 5.99. The molecule has 0 aliphatic heterocycles. The van der Waals surface area contributed by atoms with E-state index < -0.39 is 18.2 Å². The van der Waals surface area contributed by atoms with E-state index in [1.54, 1.807) is 0 Å². The standard InChI is InChI=1S/C37H75NO4/c1-3-5-7-9-11-13-15-17-18-19-21-23-25-27-29-31-36(41)35(33-39)38-37(42)32-34(40)30-28-26-24-22-20-16-14-12-10-8-6-4-2/h34-36,39-41H,3-33H2,1-2H3,(H,38,42). The summed E-state index contributed by atoms with van der Waals surface area (Å²) in [7, 11) is 0. The average Bonchev–Trinajstić information content (AvgIpc) is 2.98. The van der Waals surface area contributed by atoms with E-state index in [-0.39, 0.29) is 18.9 Å². The van der Waals surface area contributed by atoms with E-state index in [2.05, 4.69) is 19.2 Å². The molecule has 4 N–H and O–H groups in total. The fraction of sp³-hybridized carbons (Fsp3) is 0.973. The number of hydrogen-bond acceptors (Lipinski definition) is 4. The highest BCUT2D eigenvalue weighted by atomic mass is 16.3. The van der Waals surface area contributed by atoms with Crippen molar-refractivity contribution < 1.29 is 20.1 Å². The quantitative estimate of drug-likeness (QED) is 0.0556. The van der Waals surface area contributed by atoms with Crippen LogP contribution in [0.1, 0.15) is 206 Å². The minimum absolute atomic E-state index is 0.0419. The van der Waals surface area contributed by atoms with Crippen LogP contribution in [-0.4, -0.2) is 46.1 Å². The lowest BCUT2D eigenvalue weighted by Crippen LogP contribution is -2.46. The summed E-state index contributed by atoms with van der Waals surface area (Å²) < 4.78 is 0. The van der Waals surface area contributed by atoms with E-state index in [1.165, 1.54) is 148 Å². The molecule has 3 atom stereocenters. The Morgan fingerprint density at radius 2 is 0.810 bits per heavy atom. The van der Waals surface area contributed by atoms with Crippen LogP contribution >= 0.6 is 0 Å². The molecule has 0 aromatic rings. The number of amides is 1. The Morgan fingerprint density at radius 3 is 1.14 bits per heavy atom. The molecule has 0 spiro atoms. The maximum absolute atomic E-state index is 12.4. The molecule has 0 aliphatic rings. The van der Waals surface area contributed by atoms with Crippen LogP contribution in [0.5, 0.6) is 0 Å². The third-order valence-electron chi connectivity index (χ3n) is 8.92. The summed E-state index contributed by atoms with van der Waals surface area (Å²) in [6, 6.07) is -0.650. The molecule has 5 nitrogen and oxygen atoms in total. The van der Waals surface area contributed by atoms with Crippen molar-refractivity contribution in [3.05, 3.63) is 0 Å². The molecule has 0 aromatic heterocycles. The molecule has 3 unspecified atom stereocenters. The van der Waals surface area contributed by atoms with Gasteiger partial charge in [-0.05, 0) is 12.8 Å². The number of carbonyl (C=O) groups is 1. The van der Waals surface area contributed by atoms with E-state index in [9.17, 15) is 20.1 Å². The van der Waals surface area contributed by atoms with Gasteiger partial charge in [-0.25, -0.2) is 0 Å². The largest absolute Gasteiger partial charge is 0.394 e. The van der Waals surface area contributed by atoms with Crippen LogP contribution in [0.25, 0.3) is 0 Å². The van der Waals surface area contributed by atoms with Gasteiger partial charge in [0.25, 0.3) is 0 Å². The Morgan fingerprint density at radius 1 is 0.500 bits per heavy atom. The van der Waals surface area contributed by atoms with Gasteiger partial charge in [0, 0.05) is 0 Å².